The summed E-state index contributed by atoms with van der Waals surface area (Å²) in [6, 6.07) is 1.70. The molecule has 4 rings (SSSR count). The number of pyridine rings is 1. The Morgan fingerprint density at radius 3 is 2.75 bits per heavy atom. The van der Waals surface area contributed by atoms with Crippen LogP contribution in [0.15, 0.2) is 10.9 Å². The van der Waals surface area contributed by atoms with Crippen LogP contribution in [0.25, 0.3) is 0 Å². The molecule has 1 unspecified atom stereocenters. The van der Waals surface area contributed by atoms with Gasteiger partial charge in [0.15, 0.2) is 0 Å². The number of hydrogen-bond acceptors (Lipinski definition) is 7. The van der Waals surface area contributed by atoms with Gasteiger partial charge in [0.25, 0.3) is 5.56 Å². The molecule has 0 aromatic carbocycles. The zero-order valence-corrected chi connectivity index (χ0v) is 16.9. The van der Waals surface area contributed by atoms with Crippen LogP contribution in [0.2, 0.25) is 0 Å². The number of ether oxygens (including phenoxy) is 4. The van der Waals surface area contributed by atoms with E-state index in [0.29, 0.717) is 43.0 Å². The van der Waals surface area contributed by atoms with Crippen LogP contribution in [0.1, 0.15) is 43.5 Å². The van der Waals surface area contributed by atoms with E-state index in [-0.39, 0.29) is 24.4 Å². The van der Waals surface area contributed by atoms with Crippen LogP contribution in [-0.2, 0) is 48.3 Å². The van der Waals surface area contributed by atoms with E-state index in [1.165, 1.54) is 0 Å². The maximum Gasteiger partial charge on any atom is 0.409 e. The highest BCUT2D eigenvalue weighted by Gasteiger charge is 2.53. The average molecular weight is 410 g/mol. The van der Waals surface area contributed by atoms with Gasteiger partial charge in [-0.2, -0.15) is 0 Å². The zero-order valence-electron chi connectivity index (χ0n) is 15.8. The molecule has 1 aromatic heterocycles. The zero-order chi connectivity index (χ0) is 20.1. The Morgan fingerprint density at radius 2 is 2.11 bits per heavy atom. The van der Waals surface area contributed by atoms with Crippen LogP contribution >= 0.6 is 9.24 Å². The molecule has 9 nitrogen and oxygen atoms in total. The molecule has 1 aromatic rings. The minimum absolute atomic E-state index is 0.120. The predicted octanol–water partition coefficient (Wildman–Crippen LogP) is 1.06. The fraction of sp³-hybridized carbons (Fsp3) is 0.611. The lowest BCUT2D eigenvalue weighted by atomic mass is 9.85. The van der Waals surface area contributed by atoms with Crippen molar-refractivity contribution < 1.29 is 28.5 Å². The number of amides is 1. The summed E-state index contributed by atoms with van der Waals surface area (Å²) in [5.74, 6) is -1.94. The van der Waals surface area contributed by atoms with Gasteiger partial charge >= 0.3 is 12.1 Å². The summed E-state index contributed by atoms with van der Waals surface area (Å²) >= 11 is 0. The number of carbonyl (C=O) groups is 2. The van der Waals surface area contributed by atoms with E-state index >= 15 is 0 Å². The number of carbonyl (C=O) groups excluding carboxylic acids is 2. The molecule has 3 aliphatic heterocycles. The Morgan fingerprint density at radius 1 is 1.39 bits per heavy atom. The van der Waals surface area contributed by atoms with Gasteiger partial charge in [-0.05, 0) is 19.4 Å². The average Bonchev–Trinajstić information content (AvgIpc) is 3.26. The van der Waals surface area contributed by atoms with Crippen molar-refractivity contribution in [2.75, 3.05) is 13.2 Å². The summed E-state index contributed by atoms with van der Waals surface area (Å²) in [6.45, 7) is 4.59. The maximum absolute atomic E-state index is 13.1. The van der Waals surface area contributed by atoms with Crippen LogP contribution in [0, 0.1) is 0 Å². The molecule has 152 valence electrons. The number of nitrogens with one attached hydrogen (secondary N) is 1. The topological polar surface area (TPSA) is 105 Å². The van der Waals surface area contributed by atoms with E-state index in [1.807, 2.05) is 0 Å². The van der Waals surface area contributed by atoms with E-state index in [4.69, 9.17) is 18.9 Å². The maximum atomic E-state index is 13.1. The molecule has 1 amide bonds. The van der Waals surface area contributed by atoms with Crippen molar-refractivity contribution in [1.29, 1.82) is 0 Å². The summed E-state index contributed by atoms with van der Waals surface area (Å²) in [7, 11) is 2.41. The third kappa shape index (κ3) is 2.76. The molecular weight excluding hydrogens is 387 g/mol. The smallest absolute Gasteiger partial charge is 0.409 e. The van der Waals surface area contributed by atoms with Crippen molar-refractivity contribution in [2.45, 2.75) is 57.0 Å². The van der Waals surface area contributed by atoms with Crippen LogP contribution in [0.5, 0.6) is 0 Å². The number of aromatic nitrogens is 1. The minimum atomic E-state index is -1.70. The number of fused-ring (bicyclic) bond motifs is 3. The SMILES string of the molecule is CC[C@@]1(OC(=O)N[C@H](C)P)C(=O)OCc2c1cc1n(c2=O)CCC12OCCO2. The minimum Gasteiger partial charge on any atom is -0.457 e. The number of nitrogens with zero attached hydrogens (tertiary/aromatic N) is 1. The standard InChI is InChI=1S/C18H23N2O7P/c1-3-17(27-16(23)19-10(2)28)12-8-13-18(25-6-7-26-18)4-5-20(13)14(21)11(12)9-24-15(17)22/h8,10H,3-7,9,28H2,1-2H3,(H,19,23)/t10-,17-/m0/s1. The Kier molecular flexibility index (Phi) is 4.72. The van der Waals surface area contributed by atoms with Crippen molar-refractivity contribution in [2.24, 2.45) is 0 Å². The van der Waals surface area contributed by atoms with E-state index in [1.54, 1.807) is 24.5 Å². The highest BCUT2D eigenvalue weighted by Crippen LogP contribution is 2.44. The molecule has 10 heteroatoms. The van der Waals surface area contributed by atoms with Gasteiger partial charge < -0.3 is 28.8 Å². The van der Waals surface area contributed by atoms with Gasteiger partial charge in [-0.1, -0.05) is 6.92 Å². The summed E-state index contributed by atoms with van der Waals surface area (Å²) in [5, 5.41) is 2.58. The third-order valence-electron chi connectivity index (χ3n) is 5.43. The highest BCUT2D eigenvalue weighted by atomic mass is 31.0. The van der Waals surface area contributed by atoms with Gasteiger partial charge in [0, 0.05) is 24.3 Å². The van der Waals surface area contributed by atoms with Gasteiger partial charge in [-0.15, -0.1) is 9.24 Å². The monoisotopic (exact) mass is 410 g/mol. The van der Waals surface area contributed by atoms with Gasteiger partial charge in [0.2, 0.25) is 11.4 Å². The lowest BCUT2D eigenvalue weighted by molar-refractivity contribution is -0.173. The van der Waals surface area contributed by atoms with Crippen molar-refractivity contribution in [3.63, 3.8) is 0 Å². The molecule has 3 atom stereocenters. The highest BCUT2D eigenvalue weighted by molar-refractivity contribution is 7.17. The summed E-state index contributed by atoms with van der Waals surface area (Å²) in [6.07, 6.45) is -0.141. The molecule has 3 aliphatic rings. The Labute approximate surface area is 163 Å². The quantitative estimate of drug-likeness (QED) is 0.587. The second-order valence-electron chi connectivity index (χ2n) is 7.16. The third-order valence-corrected chi connectivity index (χ3v) is 5.60. The first kappa shape index (κ1) is 19.4. The molecule has 1 saturated heterocycles. The lowest BCUT2D eigenvalue weighted by Crippen LogP contribution is -2.49. The van der Waals surface area contributed by atoms with Crippen molar-refractivity contribution in [3.8, 4) is 0 Å². The molecule has 0 saturated carbocycles. The first-order valence-corrected chi connectivity index (χ1v) is 9.97. The van der Waals surface area contributed by atoms with Crippen molar-refractivity contribution in [1.82, 2.24) is 9.88 Å². The van der Waals surface area contributed by atoms with E-state index in [9.17, 15) is 14.4 Å². The van der Waals surface area contributed by atoms with E-state index in [2.05, 4.69) is 14.6 Å². The number of cyclic esters (lactones) is 1. The largest absolute Gasteiger partial charge is 0.457 e. The lowest BCUT2D eigenvalue weighted by Gasteiger charge is -2.36. The molecule has 4 heterocycles. The van der Waals surface area contributed by atoms with Crippen molar-refractivity contribution >= 4 is 21.3 Å². The second-order valence-corrected chi connectivity index (χ2v) is 8.16. The van der Waals surface area contributed by atoms with Gasteiger partial charge in [0.1, 0.15) is 6.61 Å². The van der Waals surface area contributed by atoms with Crippen LogP contribution in [0.4, 0.5) is 4.79 Å². The molecule has 0 radical (unpaired) electrons. The number of esters is 1. The van der Waals surface area contributed by atoms with Crippen LogP contribution < -0.4 is 10.9 Å². The fourth-order valence-corrected chi connectivity index (χ4v) is 4.24. The molecular formula is C18H23N2O7P. The number of hydrogen-bond donors (Lipinski definition) is 1. The van der Waals surface area contributed by atoms with Gasteiger partial charge in [-0.3, -0.25) is 4.79 Å². The van der Waals surface area contributed by atoms with Gasteiger partial charge in [-0.25, -0.2) is 9.59 Å². The molecule has 0 aliphatic carbocycles. The Bertz CT molecular complexity index is 891. The molecule has 1 spiro atoms. The van der Waals surface area contributed by atoms with Crippen LogP contribution in [-0.4, -0.2) is 35.6 Å². The number of rotatable bonds is 3. The molecule has 0 bridgehead atoms. The van der Waals surface area contributed by atoms with E-state index < -0.39 is 23.5 Å². The van der Waals surface area contributed by atoms with E-state index in [0.717, 1.165) is 0 Å². The first-order chi connectivity index (χ1) is 13.3. The molecule has 28 heavy (non-hydrogen) atoms. The first-order valence-electron chi connectivity index (χ1n) is 9.31. The summed E-state index contributed by atoms with van der Waals surface area (Å²) in [5.41, 5.74) is -0.780. The van der Waals surface area contributed by atoms with Crippen LogP contribution in [0.3, 0.4) is 0 Å². The predicted molar refractivity (Wildman–Crippen MR) is 99.5 cm³/mol. The Hall–Kier alpha value is -1.96. The second kappa shape index (κ2) is 6.83. The number of alkyl carbamates (subject to hydrolysis) is 1. The van der Waals surface area contributed by atoms with Gasteiger partial charge in [0.05, 0.1) is 24.5 Å². The molecule has 1 fully saturated rings. The molecule has 1 N–H and O–H groups in total. The summed E-state index contributed by atoms with van der Waals surface area (Å²) < 4.78 is 24.0. The fourth-order valence-electron chi connectivity index (χ4n) is 4.10. The normalized spacial score (nSPS) is 25.8. The summed E-state index contributed by atoms with van der Waals surface area (Å²) in [4.78, 5) is 38.2. The Balaban J connectivity index is 1.86. The van der Waals surface area contributed by atoms with Crippen molar-refractivity contribution in [3.05, 3.63) is 33.2 Å².